The quantitative estimate of drug-likeness (QED) is 0.807. The second kappa shape index (κ2) is 6.70. The van der Waals surface area contributed by atoms with E-state index in [0.29, 0.717) is 17.4 Å². The fraction of sp³-hybridized carbons (Fsp3) is 0.600. The second-order valence-electron chi connectivity index (χ2n) is 3.69. The SMILES string of the molecule is CCNCC(C)S(=O)(=O)NCc1ccc(Cl)s1. The maximum absolute atomic E-state index is 11.8. The van der Waals surface area contributed by atoms with Gasteiger partial charge in [-0.3, -0.25) is 0 Å². The highest BCUT2D eigenvalue weighted by atomic mass is 35.5. The number of halogens is 1. The smallest absolute Gasteiger partial charge is 0.215 e. The molecule has 0 aromatic carbocycles. The van der Waals surface area contributed by atoms with Gasteiger partial charge in [0.25, 0.3) is 0 Å². The Hall–Kier alpha value is -0.140. The molecule has 1 rings (SSSR count). The molecule has 1 heterocycles. The van der Waals surface area contributed by atoms with Crippen molar-refractivity contribution in [2.75, 3.05) is 13.1 Å². The molecule has 0 radical (unpaired) electrons. The van der Waals surface area contributed by atoms with Crippen molar-refractivity contribution in [3.63, 3.8) is 0 Å². The molecule has 0 aliphatic heterocycles. The van der Waals surface area contributed by atoms with Crippen molar-refractivity contribution in [3.8, 4) is 0 Å². The number of nitrogens with one attached hydrogen (secondary N) is 2. The summed E-state index contributed by atoms with van der Waals surface area (Å²) in [5.41, 5.74) is 0. The summed E-state index contributed by atoms with van der Waals surface area (Å²) in [6, 6.07) is 3.59. The minimum Gasteiger partial charge on any atom is -0.316 e. The lowest BCUT2D eigenvalue weighted by Crippen LogP contribution is -2.38. The van der Waals surface area contributed by atoms with Crippen molar-refractivity contribution in [3.05, 3.63) is 21.3 Å². The van der Waals surface area contributed by atoms with E-state index in [9.17, 15) is 8.42 Å². The predicted octanol–water partition coefficient (Wildman–Crippen LogP) is 1.82. The van der Waals surface area contributed by atoms with Gasteiger partial charge in [0.1, 0.15) is 0 Å². The van der Waals surface area contributed by atoms with E-state index >= 15 is 0 Å². The summed E-state index contributed by atoms with van der Waals surface area (Å²) in [5.74, 6) is 0. The molecule has 2 N–H and O–H groups in total. The molecule has 1 aromatic rings. The van der Waals surface area contributed by atoms with Crippen molar-refractivity contribution >= 4 is 33.0 Å². The molecular weight excluding hydrogens is 280 g/mol. The number of rotatable bonds is 7. The van der Waals surface area contributed by atoms with E-state index in [4.69, 9.17) is 11.6 Å². The van der Waals surface area contributed by atoms with Crippen LogP contribution in [0.2, 0.25) is 4.34 Å². The number of sulfonamides is 1. The molecule has 0 aliphatic carbocycles. The first kappa shape index (κ1) is 14.9. The van der Waals surface area contributed by atoms with Crippen LogP contribution in [0.15, 0.2) is 12.1 Å². The first-order valence-corrected chi connectivity index (χ1v) is 8.13. The molecule has 4 nitrogen and oxygen atoms in total. The van der Waals surface area contributed by atoms with Gasteiger partial charge in [0.05, 0.1) is 9.59 Å². The first-order valence-electron chi connectivity index (χ1n) is 5.39. The molecule has 0 fully saturated rings. The Labute approximate surface area is 111 Å². The van der Waals surface area contributed by atoms with Crippen LogP contribution in [0.4, 0.5) is 0 Å². The highest BCUT2D eigenvalue weighted by Gasteiger charge is 2.19. The lowest BCUT2D eigenvalue weighted by Gasteiger charge is -2.13. The molecule has 0 aliphatic rings. The van der Waals surface area contributed by atoms with E-state index in [1.54, 1.807) is 13.0 Å². The Balaban J connectivity index is 2.49. The molecule has 7 heteroatoms. The van der Waals surface area contributed by atoms with Crippen LogP contribution in [0.1, 0.15) is 18.7 Å². The zero-order chi connectivity index (χ0) is 12.9. The molecule has 0 saturated carbocycles. The van der Waals surface area contributed by atoms with Gasteiger partial charge in [-0.2, -0.15) is 0 Å². The molecule has 1 atom stereocenters. The molecule has 0 bridgehead atoms. The van der Waals surface area contributed by atoms with E-state index < -0.39 is 15.3 Å². The first-order chi connectivity index (χ1) is 7.95. The van der Waals surface area contributed by atoms with Gasteiger partial charge < -0.3 is 5.32 Å². The zero-order valence-corrected chi connectivity index (χ0v) is 12.3. The van der Waals surface area contributed by atoms with Crippen molar-refractivity contribution in [1.29, 1.82) is 0 Å². The number of thiophene rings is 1. The third kappa shape index (κ3) is 4.93. The summed E-state index contributed by atoms with van der Waals surface area (Å²) in [5, 5.41) is 2.57. The fourth-order valence-corrected chi connectivity index (χ4v) is 3.32. The number of hydrogen-bond acceptors (Lipinski definition) is 4. The van der Waals surface area contributed by atoms with Gasteiger partial charge in [-0.15, -0.1) is 11.3 Å². The lowest BCUT2D eigenvalue weighted by atomic mass is 10.5. The largest absolute Gasteiger partial charge is 0.316 e. The maximum atomic E-state index is 11.8. The predicted molar refractivity (Wildman–Crippen MR) is 73.1 cm³/mol. The van der Waals surface area contributed by atoms with E-state index in [1.807, 2.05) is 13.0 Å². The van der Waals surface area contributed by atoms with E-state index in [2.05, 4.69) is 10.0 Å². The molecule has 98 valence electrons. The van der Waals surface area contributed by atoms with Crippen LogP contribution in [-0.2, 0) is 16.6 Å². The molecule has 0 spiro atoms. The minimum absolute atomic E-state index is 0.302. The Bertz CT molecular complexity index is 445. The third-order valence-corrected chi connectivity index (χ3v) is 5.29. The summed E-state index contributed by atoms with van der Waals surface area (Å²) in [7, 11) is -3.27. The van der Waals surface area contributed by atoms with Gasteiger partial charge in [0.15, 0.2) is 0 Å². The topological polar surface area (TPSA) is 58.2 Å². The summed E-state index contributed by atoms with van der Waals surface area (Å²) in [6.45, 7) is 5.15. The normalized spacial score (nSPS) is 13.8. The minimum atomic E-state index is -3.27. The summed E-state index contributed by atoms with van der Waals surface area (Å²) in [6.07, 6.45) is 0. The average molecular weight is 297 g/mol. The summed E-state index contributed by atoms with van der Waals surface area (Å²) >= 11 is 7.15. The Morgan fingerprint density at radius 3 is 2.71 bits per heavy atom. The van der Waals surface area contributed by atoms with E-state index in [0.717, 1.165) is 11.4 Å². The maximum Gasteiger partial charge on any atom is 0.215 e. The van der Waals surface area contributed by atoms with Gasteiger partial charge in [-0.1, -0.05) is 18.5 Å². The van der Waals surface area contributed by atoms with Gasteiger partial charge in [0.2, 0.25) is 10.0 Å². The highest BCUT2D eigenvalue weighted by molar-refractivity contribution is 7.90. The van der Waals surface area contributed by atoms with Gasteiger partial charge in [-0.05, 0) is 25.6 Å². The van der Waals surface area contributed by atoms with Gasteiger partial charge in [-0.25, -0.2) is 13.1 Å². The molecular formula is C10H17ClN2O2S2. The van der Waals surface area contributed by atoms with Crippen LogP contribution in [0.3, 0.4) is 0 Å². The Morgan fingerprint density at radius 2 is 2.18 bits per heavy atom. The van der Waals surface area contributed by atoms with E-state index in [-0.39, 0.29) is 0 Å². The number of hydrogen-bond donors (Lipinski definition) is 2. The highest BCUT2D eigenvalue weighted by Crippen LogP contribution is 2.21. The zero-order valence-electron chi connectivity index (χ0n) is 9.86. The van der Waals surface area contributed by atoms with Crippen molar-refractivity contribution < 1.29 is 8.42 Å². The van der Waals surface area contributed by atoms with Gasteiger partial charge in [0, 0.05) is 18.0 Å². The lowest BCUT2D eigenvalue weighted by molar-refractivity contribution is 0.560. The summed E-state index contributed by atoms with van der Waals surface area (Å²) in [4.78, 5) is 0.911. The standard InChI is InChI=1S/C10H17ClN2O2S2/c1-3-12-6-8(2)17(14,15)13-7-9-4-5-10(11)16-9/h4-5,8,12-13H,3,6-7H2,1-2H3. The Morgan fingerprint density at radius 1 is 1.47 bits per heavy atom. The fourth-order valence-electron chi connectivity index (χ4n) is 1.22. The van der Waals surface area contributed by atoms with Crippen LogP contribution in [0.25, 0.3) is 0 Å². The van der Waals surface area contributed by atoms with Crippen molar-refractivity contribution in [2.24, 2.45) is 0 Å². The Kier molecular flexibility index (Phi) is 5.88. The van der Waals surface area contributed by atoms with Gasteiger partial charge >= 0.3 is 0 Å². The summed E-state index contributed by atoms with van der Waals surface area (Å²) < 4.78 is 26.9. The van der Waals surface area contributed by atoms with Crippen molar-refractivity contribution in [1.82, 2.24) is 10.0 Å². The van der Waals surface area contributed by atoms with Crippen LogP contribution >= 0.6 is 22.9 Å². The van der Waals surface area contributed by atoms with Crippen LogP contribution < -0.4 is 10.0 Å². The molecule has 1 aromatic heterocycles. The molecule has 1 unspecified atom stereocenters. The average Bonchev–Trinajstić information content (AvgIpc) is 2.69. The van der Waals surface area contributed by atoms with Crippen LogP contribution in [0, 0.1) is 0 Å². The molecule has 17 heavy (non-hydrogen) atoms. The molecule has 0 amide bonds. The van der Waals surface area contributed by atoms with Crippen LogP contribution in [0.5, 0.6) is 0 Å². The third-order valence-electron chi connectivity index (χ3n) is 2.29. The van der Waals surface area contributed by atoms with Crippen LogP contribution in [-0.4, -0.2) is 26.8 Å². The van der Waals surface area contributed by atoms with E-state index in [1.165, 1.54) is 11.3 Å². The van der Waals surface area contributed by atoms with Crippen molar-refractivity contribution in [2.45, 2.75) is 25.6 Å². The monoisotopic (exact) mass is 296 g/mol. The second-order valence-corrected chi connectivity index (χ2v) is 7.67. The molecule has 0 saturated heterocycles.